The van der Waals surface area contributed by atoms with Crippen LogP contribution in [0, 0.1) is 0 Å². The first-order chi connectivity index (χ1) is 22.4. The second-order valence-electron chi connectivity index (χ2n) is 12.4. The summed E-state index contributed by atoms with van der Waals surface area (Å²) in [6.07, 6.45) is 0. The highest BCUT2D eigenvalue weighted by atomic mass is 15.0. The van der Waals surface area contributed by atoms with E-state index >= 15 is 0 Å². The van der Waals surface area contributed by atoms with Gasteiger partial charge in [0.05, 0.1) is 16.7 Å². The number of para-hydroxylation sites is 1. The molecule has 0 bridgehead atoms. The molecule has 0 N–H and O–H groups in total. The number of benzene rings is 9. The molecule has 1 heteroatoms. The van der Waals surface area contributed by atoms with Gasteiger partial charge >= 0.3 is 0 Å². The van der Waals surface area contributed by atoms with E-state index < -0.39 is 0 Å². The summed E-state index contributed by atoms with van der Waals surface area (Å²) in [5.41, 5.74) is 9.06. The molecule has 1 aromatic heterocycles. The van der Waals surface area contributed by atoms with Crippen molar-refractivity contribution >= 4 is 75.7 Å². The molecule has 1 heterocycles. The van der Waals surface area contributed by atoms with Gasteiger partial charge in [0.25, 0.3) is 0 Å². The molecule has 0 unspecified atom stereocenters. The van der Waals surface area contributed by atoms with Gasteiger partial charge in [-0.05, 0) is 77.3 Å². The van der Waals surface area contributed by atoms with Gasteiger partial charge in [0.1, 0.15) is 0 Å². The molecule has 0 aliphatic heterocycles. The highest BCUT2D eigenvalue weighted by molar-refractivity contribution is 6.33. The molecule has 0 fully saturated rings. The third-order valence-electron chi connectivity index (χ3n) is 10.3. The Bertz CT molecular complexity index is 2920. The SMILES string of the molecule is c1cc2c3c(cccc3c1)-c1c-2ccc2c3ccccc3n(-c3cc4c5ccccc5c5ccccc5c4c4ccccc34)c12. The zero-order chi connectivity index (χ0) is 29.2. The third-order valence-corrected chi connectivity index (χ3v) is 10.3. The summed E-state index contributed by atoms with van der Waals surface area (Å²) in [4.78, 5) is 0. The van der Waals surface area contributed by atoms with Gasteiger partial charge in [0.2, 0.25) is 0 Å². The van der Waals surface area contributed by atoms with Crippen LogP contribution in [0.25, 0.3) is 104 Å². The van der Waals surface area contributed by atoms with Crippen LogP contribution in [0.15, 0.2) is 152 Å². The highest BCUT2D eigenvalue weighted by Crippen LogP contribution is 2.52. The Morgan fingerprint density at radius 2 is 0.911 bits per heavy atom. The summed E-state index contributed by atoms with van der Waals surface area (Å²) < 4.78 is 2.57. The van der Waals surface area contributed by atoms with Crippen LogP contribution < -0.4 is 0 Å². The van der Waals surface area contributed by atoms with Crippen molar-refractivity contribution in [2.24, 2.45) is 0 Å². The summed E-state index contributed by atoms with van der Waals surface area (Å²) >= 11 is 0. The molecule has 11 rings (SSSR count). The Morgan fingerprint density at radius 1 is 0.333 bits per heavy atom. The van der Waals surface area contributed by atoms with E-state index in [4.69, 9.17) is 0 Å². The van der Waals surface area contributed by atoms with Crippen LogP contribution in [-0.2, 0) is 0 Å². The van der Waals surface area contributed by atoms with Crippen LogP contribution in [0.2, 0.25) is 0 Å². The fourth-order valence-corrected chi connectivity index (χ4v) is 8.51. The van der Waals surface area contributed by atoms with Crippen molar-refractivity contribution in [1.82, 2.24) is 4.57 Å². The molecule has 0 saturated carbocycles. The zero-order valence-corrected chi connectivity index (χ0v) is 24.4. The van der Waals surface area contributed by atoms with Gasteiger partial charge < -0.3 is 4.57 Å². The molecule has 9 aromatic carbocycles. The molecule has 0 spiro atoms. The predicted molar refractivity (Wildman–Crippen MR) is 193 cm³/mol. The lowest BCUT2D eigenvalue weighted by molar-refractivity contribution is 1.20. The van der Waals surface area contributed by atoms with Gasteiger partial charge in [0.15, 0.2) is 0 Å². The maximum Gasteiger partial charge on any atom is 0.0626 e. The van der Waals surface area contributed by atoms with Crippen molar-refractivity contribution in [2.45, 2.75) is 0 Å². The molecule has 1 nitrogen and oxygen atoms in total. The Hall–Kier alpha value is -5.92. The number of aromatic nitrogens is 1. The molecule has 1 aliphatic rings. The van der Waals surface area contributed by atoms with Gasteiger partial charge in [0, 0.05) is 21.7 Å². The van der Waals surface area contributed by atoms with E-state index in [1.807, 2.05) is 0 Å². The van der Waals surface area contributed by atoms with Gasteiger partial charge in [-0.15, -0.1) is 0 Å². The van der Waals surface area contributed by atoms with Crippen LogP contribution in [0.5, 0.6) is 0 Å². The molecular formula is C44H25N. The van der Waals surface area contributed by atoms with Gasteiger partial charge in [-0.25, -0.2) is 0 Å². The summed E-state index contributed by atoms with van der Waals surface area (Å²) in [6, 6.07) is 56.4. The first-order valence-electron chi connectivity index (χ1n) is 15.7. The quantitative estimate of drug-likeness (QED) is 0.174. The summed E-state index contributed by atoms with van der Waals surface area (Å²) in [5.74, 6) is 0. The molecule has 206 valence electrons. The van der Waals surface area contributed by atoms with E-state index in [0.717, 1.165) is 0 Å². The van der Waals surface area contributed by atoms with Crippen LogP contribution >= 0.6 is 0 Å². The lowest BCUT2D eigenvalue weighted by Crippen LogP contribution is -1.98. The van der Waals surface area contributed by atoms with Gasteiger partial charge in [-0.2, -0.15) is 0 Å². The van der Waals surface area contributed by atoms with Crippen LogP contribution in [-0.4, -0.2) is 4.57 Å². The Labute approximate surface area is 259 Å². The summed E-state index contributed by atoms with van der Waals surface area (Å²) in [6.45, 7) is 0. The molecule has 0 saturated heterocycles. The van der Waals surface area contributed by atoms with Gasteiger partial charge in [-0.3, -0.25) is 0 Å². The van der Waals surface area contributed by atoms with Gasteiger partial charge in [-0.1, -0.05) is 140 Å². The average Bonchev–Trinajstić information content (AvgIpc) is 3.62. The van der Waals surface area contributed by atoms with Crippen molar-refractivity contribution in [3.8, 4) is 27.9 Å². The molecule has 1 aliphatic carbocycles. The van der Waals surface area contributed by atoms with E-state index in [1.54, 1.807) is 0 Å². The number of hydrogen-bond acceptors (Lipinski definition) is 0. The topological polar surface area (TPSA) is 4.93 Å². The molecule has 45 heavy (non-hydrogen) atoms. The lowest BCUT2D eigenvalue weighted by Gasteiger charge is -2.18. The first kappa shape index (κ1) is 23.5. The summed E-state index contributed by atoms with van der Waals surface area (Å²) in [5, 5.41) is 15.6. The predicted octanol–water partition coefficient (Wildman–Crippen LogP) is 12.2. The Kier molecular flexibility index (Phi) is 4.38. The van der Waals surface area contributed by atoms with Crippen molar-refractivity contribution < 1.29 is 0 Å². The summed E-state index contributed by atoms with van der Waals surface area (Å²) in [7, 11) is 0. The second kappa shape index (κ2) is 8.37. The molecule has 0 radical (unpaired) electrons. The molecule has 0 amide bonds. The van der Waals surface area contributed by atoms with Crippen molar-refractivity contribution in [3.05, 3.63) is 152 Å². The fourth-order valence-electron chi connectivity index (χ4n) is 8.51. The van der Waals surface area contributed by atoms with Crippen molar-refractivity contribution in [1.29, 1.82) is 0 Å². The Balaban J connectivity index is 1.40. The third kappa shape index (κ3) is 2.89. The van der Waals surface area contributed by atoms with Crippen LogP contribution in [0.3, 0.4) is 0 Å². The lowest BCUT2D eigenvalue weighted by atomic mass is 9.90. The van der Waals surface area contributed by atoms with E-state index in [1.165, 1.54) is 104 Å². The Morgan fingerprint density at radius 3 is 1.67 bits per heavy atom. The minimum Gasteiger partial charge on any atom is -0.308 e. The minimum atomic E-state index is 1.22. The number of rotatable bonds is 1. The van der Waals surface area contributed by atoms with E-state index in [2.05, 4.69) is 156 Å². The second-order valence-corrected chi connectivity index (χ2v) is 12.4. The van der Waals surface area contributed by atoms with E-state index in [9.17, 15) is 0 Å². The minimum absolute atomic E-state index is 1.22. The zero-order valence-electron chi connectivity index (χ0n) is 24.4. The highest BCUT2D eigenvalue weighted by Gasteiger charge is 2.27. The first-order valence-corrected chi connectivity index (χ1v) is 15.7. The standard InChI is InChI=1S/C44H25N/c1-2-15-29-27(13-1)28-14-3-5-18-32(28)42-33-19-6-4-16-30(33)40(25-38(29)42)45-39-22-8-7-17-31(39)36-24-23-35-34-20-9-11-26-12-10-21-37(41(26)34)43(35)44(36)45/h1-25H. The van der Waals surface area contributed by atoms with Crippen LogP contribution in [0.4, 0.5) is 0 Å². The van der Waals surface area contributed by atoms with E-state index in [0.29, 0.717) is 0 Å². The normalized spacial score (nSPS) is 12.4. The molecule has 0 atom stereocenters. The number of fused-ring (bicyclic) bond motifs is 15. The molecular weight excluding hydrogens is 542 g/mol. The van der Waals surface area contributed by atoms with Crippen LogP contribution in [0.1, 0.15) is 0 Å². The van der Waals surface area contributed by atoms with E-state index in [-0.39, 0.29) is 0 Å². The average molecular weight is 568 g/mol. The number of hydrogen-bond donors (Lipinski definition) is 0. The van der Waals surface area contributed by atoms with Crippen molar-refractivity contribution in [3.63, 3.8) is 0 Å². The maximum absolute atomic E-state index is 2.57. The van der Waals surface area contributed by atoms with Crippen molar-refractivity contribution in [2.75, 3.05) is 0 Å². The monoisotopic (exact) mass is 567 g/mol. The maximum atomic E-state index is 2.57. The fraction of sp³-hybridized carbons (Fsp3) is 0. The number of nitrogens with zero attached hydrogens (tertiary/aromatic N) is 1. The molecule has 10 aromatic rings. The smallest absolute Gasteiger partial charge is 0.0626 e. The largest absolute Gasteiger partial charge is 0.308 e.